The number of aryl methyl sites for hydroxylation is 1. The predicted octanol–water partition coefficient (Wildman–Crippen LogP) is 1.72. The van der Waals surface area contributed by atoms with Gasteiger partial charge in [0.25, 0.3) is 0 Å². The third-order valence-electron chi connectivity index (χ3n) is 6.46. The van der Waals surface area contributed by atoms with E-state index in [1.54, 1.807) is 0 Å². The lowest BCUT2D eigenvalue weighted by Gasteiger charge is -2.31. The highest BCUT2D eigenvalue weighted by molar-refractivity contribution is 9.10. The van der Waals surface area contributed by atoms with Crippen molar-refractivity contribution in [1.29, 1.82) is 0 Å². The number of para-hydroxylation sites is 2. The summed E-state index contributed by atoms with van der Waals surface area (Å²) < 4.78 is 5.81. The van der Waals surface area contributed by atoms with Crippen molar-refractivity contribution in [3.8, 4) is 11.3 Å². The van der Waals surface area contributed by atoms with Crippen molar-refractivity contribution in [2.75, 3.05) is 45.9 Å². The SMILES string of the molecule is OCC[NH+]1CCN(CCCn2c(-c3ccc(Br)cc3)c[n+]3c4ccccc4[nH]c23)CC1. The molecule has 0 amide bonds. The van der Waals surface area contributed by atoms with Gasteiger partial charge in [-0.3, -0.25) is 4.90 Å². The number of benzene rings is 2. The van der Waals surface area contributed by atoms with E-state index in [0.717, 1.165) is 68.0 Å². The lowest BCUT2D eigenvalue weighted by atomic mass is 10.1. The van der Waals surface area contributed by atoms with Crippen LogP contribution in [-0.4, -0.2) is 65.4 Å². The van der Waals surface area contributed by atoms with E-state index in [2.05, 4.69) is 89.5 Å². The number of H-pyrrole nitrogens is 1. The highest BCUT2D eigenvalue weighted by atomic mass is 79.9. The fraction of sp³-hybridized carbons (Fsp3) is 0.375. The summed E-state index contributed by atoms with van der Waals surface area (Å²) in [4.78, 5) is 7.73. The van der Waals surface area contributed by atoms with Gasteiger partial charge in [-0.1, -0.05) is 40.2 Å². The number of imidazole rings is 2. The van der Waals surface area contributed by atoms with Gasteiger partial charge >= 0.3 is 5.78 Å². The average molecular weight is 484 g/mol. The summed E-state index contributed by atoms with van der Waals surface area (Å²) in [5, 5.41) is 9.16. The van der Waals surface area contributed by atoms with Crippen molar-refractivity contribution in [2.24, 2.45) is 0 Å². The van der Waals surface area contributed by atoms with E-state index in [9.17, 15) is 0 Å². The molecule has 1 aliphatic heterocycles. The molecule has 0 bridgehead atoms. The topological polar surface area (TPSA) is 52.7 Å². The van der Waals surface area contributed by atoms with Crippen LogP contribution in [0.25, 0.3) is 28.1 Å². The molecule has 0 saturated carbocycles. The number of aliphatic hydroxyl groups excluding tert-OH is 1. The van der Waals surface area contributed by atoms with Crippen molar-refractivity contribution in [1.82, 2.24) is 14.5 Å². The molecule has 5 rings (SSSR count). The molecule has 0 radical (unpaired) electrons. The summed E-state index contributed by atoms with van der Waals surface area (Å²) in [6, 6.07) is 17.1. The van der Waals surface area contributed by atoms with Crippen LogP contribution >= 0.6 is 15.9 Å². The maximum absolute atomic E-state index is 9.16. The van der Waals surface area contributed by atoms with Crippen LogP contribution in [-0.2, 0) is 6.54 Å². The Balaban J connectivity index is 1.38. The summed E-state index contributed by atoms with van der Waals surface area (Å²) in [5.74, 6) is 1.14. The molecule has 7 heteroatoms. The first-order chi connectivity index (χ1) is 15.2. The molecule has 0 spiro atoms. The number of piperazine rings is 1. The molecule has 1 aliphatic rings. The molecule has 31 heavy (non-hydrogen) atoms. The Morgan fingerprint density at radius 1 is 1.03 bits per heavy atom. The van der Waals surface area contributed by atoms with E-state index in [4.69, 9.17) is 5.11 Å². The number of hydrogen-bond donors (Lipinski definition) is 3. The zero-order valence-corrected chi connectivity index (χ0v) is 19.3. The molecule has 2 aromatic heterocycles. The normalized spacial score (nSPS) is 15.9. The fourth-order valence-corrected chi connectivity index (χ4v) is 5.01. The molecule has 3 heterocycles. The quantitative estimate of drug-likeness (QED) is 0.350. The maximum Gasteiger partial charge on any atom is 0.368 e. The van der Waals surface area contributed by atoms with Gasteiger partial charge in [0.05, 0.1) is 26.2 Å². The van der Waals surface area contributed by atoms with E-state index in [0.29, 0.717) is 6.61 Å². The van der Waals surface area contributed by atoms with Crippen molar-refractivity contribution in [3.63, 3.8) is 0 Å². The molecule has 3 N–H and O–H groups in total. The number of rotatable bonds is 7. The van der Waals surface area contributed by atoms with Crippen LogP contribution in [0.1, 0.15) is 6.42 Å². The van der Waals surface area contributed by atoms with E-state index >= 15 is 0 Å². The number of fused-ring (bicyclic) bond motifs is 3. The first-order valence-electron chi connectivity index (χ1n) is 11.2. The third kappa shape index (κ3) is 4.28. The van der Waals surface area contributed by atoms with Gasteiger partial charge in [-0.25, -0.2) is 9.55 Å². The lowest BCUT2D eigenvalue weighted by molar-refractivity contribution is -0.904. The number of nitrogens with zero attached hydrogens (tertiary/aromatic N) is 3. The standard InChI is InChI=1S/C24H28BrN5O/c25-20-8-6-19(7-9-20)23-18-30-22-5-2-1-4-21(22)26-24(30)29(23)11-3-10-27-12-14-28(15-13-27)16-17-31/h1-2,4-9,18,31H,3,10-17H2/p+2. The molecular weight excluding hydrogens is 454 g/mol. The summed E-state index contributed by atoms with van der Waals surface area (Å²) in [5.41, 5.74) is 4.83. The number of aliphatic hydroxyl groups is 1. The van der Waals surface area contributed by atoms with Gasteiger partial charge < -0.3 is 10.0 Å². The highest BCUT2D eigenvalue weighted by Crippen LogP contribution is 2.24. The molecule has 4 aromatic rings. The number of quaternary nitrogens is 1. The van der Waals surface area contributed by atoms with Crippen LogP contribution in [0.3, 0.4) is 0 Å². The minimum atomic E-state index is 0.292. The van der Waals surface area contributed by atoms with E-state index in [1.165, 1.54) is 21.7 Å². The van der Waals surface area contributed by atoms with Crippen molar-refractivity contribution in [2.45, 2.75) is 13.0 Å². The van der Waals surface area contributed by atoms with Crippen LogP contribution in [0, 0.1) is 0 Å². The molecule has 6 nitrogen and oxygen atoms in total. The zero-order chi connectivity index (χ0) is 21.2. The monoisotopic (exact) mass is 483 g/mol. The number of aromatic amines is 1. The Kier molecular flexibility index (Phi) is 6.09. The Bertz CT molecular complexity index is 1160. The van der Waals surface area contributed by atoms with Crippen LogP contribution in [0.4, 0.5) is 0 Å². The number of nitrogens with one attached hydrogen (secondary N) is 2. The average Bonchev–Trinajstić information content (AvgIpc) is 3.32. The van der Waals surface area contributed by atoms with E-state index in [1.807, 2.05) is 0 Å². The minimum Gasteiger partial charge on any atom is -0.391 e. The Morgan fingerprint density at radius 3 is 2.58 bits per heavy atom. The molecule has 1 saturated heterocycles. The number of halogens is 1. The third-order valence-corrected chi connectivity index (χ3v) is 6.99. The molecule has 1 fully saturated rings. The molecule has 0 atom stereocenters. The van der Waals surface area contributed by atoms with Gasteiger partial charge in [0.2, 0.25) is 0 Å². The Labute approximate surface area is 190 Å². The summed E-state index contributed by atoms with van der Waals surface area (Å²) >= 11 is 3.56. The minimum absolute atomic E-state index is 0.292. The van der Waals surface area contributed by atoms with Crippen LogP contribution in [0.5, 0.6) is 0 Å². The number of hydrogen-bond acceptors (Lipinski definition) is 2. The molecule has 0 unspecified atom stereocenters. The van der Waals surface area contributed by atoms with Gasteiger partial charge in [0.15, 0.2) is 0 Å². The smallest absolute Gasteiger partial charge is 0.368 e. The van der Waals surface area contributed by atoms with E-state index < -0.39 is 0 Å². The van der Waals surface area contributed by atoms with Gasteiger partial charge in [0.1, 0.15) is 29.5 Å². The predicted molar refractivity (Wildman–Crippen MR) is 126 cm³/mol. The van der Waals surface area contributed by atoms with Gasteiger partial charge in [-0.15, -0.1) is 0 Å². The lowest BCUT2D eigenvalue weighted by Crippen LogP contribution is -3.15. The Morgan fingerprint density at radius 2 is 1.81 bits per heavy atom. The van der Waals surface area contributed by atoms with Gasteiger partial charge in [-0.05, 0) is 30.7 Å². The molecule has 0 aliphatic carbocycles. The largest absolute Gasteiger partial charge is 0.391 e. The van der Waals surface area contributed by atoms with Crippen LogP contribution in [0.2, 0.25) is 0 Å². The molecule has 162 valence electrons. The van der Waals surface area contributed by atoms with Crippen molar-refractivity contribution in [3.05, 3.63) is 59.2 Å². The second-order valence-corrected chi connectivity index (χ2v) is 9.34. The number of aromatic nitrogens is 3. The first-order valence-corrected chi connectivity index (χ1v) is 12.0. The fourth-order valence-electron chi connectivity index (χ4n) is 4.75. The first kappa shape index (κ1) is 20.7. The second kappa shape index (κ2) is 9.12. The van der Waals surface area contributed by atoms with Crippen molar-refractivity contribution < 1.29 is 14.4 Å². The van der Waals surface area contributed by atoms with Gasteiger partial charge in [0, 0.05) is 29.7 Å². The summed E-state index contributed by atoms with van der Waals surface area (Å²) in [6.45, 7) is 7.76. The summed E-state index contributed by atoms with van der Waals surface area (Å²) in [6.07, 6.45) is 3.37. The zero-order valence-electron chi connectivity index (χ0n) is 17.7. The van der Waals surface area contributed by atoms with Crippen LogP contribution in [0.15, 0.2) is 59.2 Å². The highest BCUT2D eigenvalue weighted by Gasteiger charge is 2.23. The second-order valence-electron chi connectivity index (χ2n) is 8.43. The molecule has 2 aromatic carbocycles. The summed E-state index contributed by atoms with van der Waals surface area (Å²) in [7, 11) is 0. The van der Waals surface area contributed by atoms with Crippen LogP contribution < -0.4 is 9.30 Å². The van der Waals surface area contributed by atoms with Crippen molar-refractivity contribution >= 4 is 32.7 Å². The molecular formula is C24H30BrN5O+2. The van der Waals surface area contributed by atoms with Gasteiger partial charge in [-0.2, -0.15) is 4.40 Å². The van der Waals surface area contributed by atoms with E-state index in [-0.39, 0.29) is 0 Å². The Hall–Kier alpha value is -2.19. The maximum atomic E-state index is 9.16.